The number of anilines is 1. The number of benzene rings is 1. The van der Waals surface area contributed by atoms with Crippen molar-refractivity contribution in [2.75, 3.05) is 5.32 Å². The van der Waals surface area contributed by atoms with Gasteiger partial charge in [0.2, 0.25) is 5.91 Å². The van der Waals surface area contributed by atoms with Gasteiger partial charge < -0.3 is 5.32 Å². The SMILES string of the molecule is CC1CC(C#N)(C(=O)Nc2ccc(Br)cc2Br)C1. The number of carbonyl (C=O) groups excluding carboxylic acids is 1. The molecule has 1 aromatic carbocycles. The lowest BCUT2D eigenvalue weighted by atomic mass is 9.63. The van der Waals surface area contributed by atoms with Crippen LogP contribution in [0.1, 0.15) is 19.8 Å². The Kier molecular flexibility index (Phi) is 3.79. The summed E-state index contributed by atoms with van der Waals surface area (Å²) in [5.41, 5.74) is -0.149. The minimum Gasteiger partial charge on any atom is -0.324 e. The van der Waals surface area contributed by atoms with Crippen molar-refractivity contribution in [3.05, 3.63) is 27.1 Å². The second-order valence-corrected chi connectivity index (χ2v) is 6.56. The van der Waals surface area contributed by atoms with E-state index in [1.165, 1.54) is 0 Å². The molecule has 3 nitrogen and oxygen atoms in total. The lowest BCUT2D eigenvalue weighted by molar-refractivity contribution is -0.128. The van der Waals surface area contributed by atoms with Crippen molar-refractivity contribution in [3.63, 3.8) is 0 Å². The number of nitriles is 1. The predicted molar refractivity (Wildman–Crippen MR) is 76.9 cm³/mol. The lowest BCUT2D eigenvalue weighted by Crippen LogP contribution is -2.45. The summed E-state index contributed by atoms with van der Waals surface area (Å²) in [7, 11) is 0. The van der Waals surface area contributed by atoms with Crippen LogP contribution in [0.15, 0.2) is 27.1 Å². The normalized spacial score (nSPS) is 26.0. The van der Waals surface area contributed by atoms with Crippen LogP contribution in [0.25, 0.3) is 0 Å². The minimum absolute atomic E-state index is 0.203. The zero-order valence-electron chi connectivity index (χ0n) is 9.84. The highest BCUT2D eigenvalue weighted by Crippen LogP contribution is 2.46. The molecule has 5 heteroatoms. The number of halogens is 2. The maximum Gasteiger partial charge on any atom is 0.244 e. The zero-order valence-corrected chi connectivity index (χ0v) is 13.0. The van der Waals surface area contributed by atoms with Gasteiger partial charge in [0.1, 0.15) is 5.41 Å². The van der Waals surface area contributed by atoms with E-state index in [0.29, 0.717) is 24.4 Å². The third-order valence-electron chi connectivity index (χ3n) is 3.22. The van der Waals surface area contributed by atoms with Crippen molar-refractivity contribution in [3.8, 4) is 6.07 Å². The Labute approximate surface area is 123 Å². The molecule has 0 bridgehead atoms. The van der Waals surface area contributed by atoms with Crippen molar-refractivity contribution in [1.82, 2.24) is 0 Å². The van der Waals surface area contributed by atoms with Gasteiger partial charge in [-0.3, -0.25) is 4.79 Å². The third-order valence-corrected chi connectivity index (χ3v) is 4.37. The predicted octanol–water partition coefficient (Wildman–Crippen LogP) is 4.09. The molecule has 1 aliphatic carbocycles. The topological polar surface area (TPSA) is 52.9 Å². The average Bonchev–Trinajstić information content (AvgIpc) is 2.28. The molecule has 0 saturated heterocycles. The Hall–Kier alpha value is -0.860. The van der Waals surface area contributed by atoms with Crippen molar-refractivity contribution in [2.45, 2.75) is 19.8 Å². The number of carbonyl (C=O) groups is 1. The van der Waals surface area contributed by atoms with Crippen LogP contribution in [0, 0.1) is 22.7 Å². The van der Waals surface area contributed by atoms with E-state index >= 15 is 0 Å². The molecule has 1 N–H and O–H groups in total. The van der Waals surface area contributed by atoms with E-state index in [2.05, 4.69) is 50.2 Å². The molecule has 0 radical (unpaired) electrons. The highest BCUT2D eigenvalue weighted by Gasteiger charge is 2.49. The molecule has 0 heterocycles. The van der Waals surface area contributed by atoms with E-state index in [9.17, 15) is 10.1 Å². The molecule has 94 valence electrons. The van der Waals surface area contributed by atoms with Gasteiger partial charge >= 0.3 is 0 Å². The van der Waals surface area contributed by atoms with Gasteiger partial charge in [0.15, 0.2) is 0 Å². The molecular formula is C13H12Br2N2O. The van der Waals surface area contributed by atoms with Gasteiger partial charge in [-0.25, -0.2) is 0 Å². The number of nitrogens with one attached hydrogen (secondary N) is 1. The summed E-state index contributed by atoms with van der Waals surface area (Å²) in [6.45, 7) is 2.05. The van der Waals surface area contributed by atoms with E-state index in [1.807, 2.05) is 12.1 Å². The summed E-state index contributed by atoms with van der Waals surface area (Å²) in [4.78, 5) is 12.2. The largest absolute Gasteiger partial charge is 0.324 e. The van der Waals surface area contributed by atoms with E-state index < -0.39 is 5.41 Å². The molecule has 18 heavy (non-hydrogen) atoms. The van der Waals surface area contributed by atoms with Gasteiger partial charge in [0.25, 0.3) is 0 Å². The van der Waals surface area contributed by atoms with E-state index in [-0.39, 0.29) is 5.91 Å². The number of amides is 1. The van der Waals surface area contributed by atoms with Gasteiger partial charge in [0, 0.05) is 8.95 Å². The average molecular weight is 372 g/mol. The van der Waals surface area contributed by atoms with Crippen LogP contribution < -0.4 is 5.32 Å². The lowest BCUT2D eigenvalue weighted by Gasteiger charge is -2.39. The first kappa shape index (κ1) is 13.6. The molecule has 0 atom stereocenters. The number of nitrogens with zero attached hydrogens (tertiary/aromatic N) is 1. The van der Waals surface area contributed by atoms with Crippen molar-refractivity contribution in [1.29, 1.82) is 5.26 Å². The second-order valence-electron chi connectivity index (χ2n) is 4.79. The molecule has 1 amide bonds. The first-order chi connectivity index (χ1) is 8.47. The molecule has 1 aliphatic rings. The van der Waals surface area contributed by atoms with Crippen LogP contribution >= 0.6 is 31.9 Å². The second kappa shape index (κ2) is 5.02. The van der Waals surface area contributed by atoms with Gasteiger partial charge in [-0.05, 0) is 52.9 Å². The maximum absolute atomic E-state index is 12.2. The fourth-order valence-electron chi connectivity index (χ4n) is 2.29. The van der Waals surface area contributed by atoms with E-state index in [0.717, 1.165) is 8.95 Å². The Morgan fingerprint density at radius 1 is 1.50 bits per heavy atom. The summed E-state index contributed by atoms with van der Waals surface area (Å²) in [6, 6.07) is 7.67. The first-order valence-corrected chi connectivity index (χ1v) is 7.23. The summed E-state index contributed by atoms with van der Waals surface area (Å²) >= 11 is 6.74. The zero-order chi connectivity index (χ0) is 13.3. The number of hydrogen-bond donors (Lipinski definition) is 1. The molecule has 2 rings (SSSR count). The summed E-state index contributed by atoms with van der Waals surface area (Å²) in [5.74, 6) is 0.245. The molecule has 1 aromatic rings. The Morgan fingerprint density at radius 2 is 2.17 bits per heavy atom. The van der Waals surface area contributed by atoms with Gasteiger partial charge in [-0.2, -0.15) is 5.26 Å². The van der Waals surface area contributed by atoms with Gasteiger partial charge in [0.05, 0.1) is 11.8 Å². The van der Waals surface area contributed by atoms with Crippen molar-refractivity contribution in [2.24, 2.45) is 11.3 Å². The maximum atomic E-state index is 12.2. The highest BCUT2D eigenvalue weighted by atomic mass is 79.9. The summed E-state index contributed by atoms with van der Waals surface area (Å²) < 4.78 is 1.73. The molecular weight excluding hydrogens is 360 g/mol. The molecule has 1 saturated carbocycles. The number of rotatable bonds is 2. The van der Waals surface area contributed by atoms with E-state index in [4.69, 9.17) is 0 Å². The number of hydrogen-bond acceptors (Lipinski definition) is 2. The third kappa shape index (κ3) is 2.45. The fourth-order valence-corrected chi connectivity index (χ4v) is 3.44. The molecule has 0 aromatic heterocycles. The van der Waals surface area contributed by atoms with E-state index in [1.54, 1.807) is 6.07 Å². The highest BCUT2D eigenvalue weighted by molar-refractivity contribution is 9.11. The Bertz CT molecular complexity index is 530. The minimum atomic E-state index is -0.841. The summed E-state index contributed by atoms with van der Waals surface area (Å²) in [6.07, 6.45) is 1.28. The quantitative estimate of drug-likeness (QED) is 0.851. The fraction of sp³-hybridized carbons (Fsp3) is 0.385. The molecule has 1 fully saturated rings. The Morgan fingerprint density at radius 3 is 2.67 bits per heavy atom. The van der Waals surface area contributed by atoms with Crippen LogP contribution in [0.2, 0.25) is 0 Å². The van der Waals surface area contributed by atoms with Gasteiger partial charge in [-0.15, -0.1) is 0 Å². The molecule has 0 aliphatic heterocycles. The monoisotopic (exact) mass is 370 g/mol. The standard InChI is InChI=1S/C13H12Br2N2O/c1-8-5-13(6-8,7-16)12(18)17-11-3-2-9(14)4-10(11)15/h2-4,8H,5-6H2,1H3,(H,17,18). The molecule has 0 spiro atoms. The van der Waals surface area contributed by atoms with Gasteiger partial charge in [-0.1, -0.05) is 22.9 Å². The van der Waals surface area contributed by atoms with Crippen molar-refractivity contribution < 1.29 is 4.79 Å². The van der Waals surface area contributed by atoms with Crippen LogP contribution in [-0.2, 0) is 4.79 Å². The Balaban J connectivity index is 2.15. The van der Waals surface area contributed by atoms with Crippen LogP contribution in [0.5, 0.6) is 0 Å². The summed E-state index contributed by atoms with van der Waals surface area (Å²) in [5, 5.41) is 12.0. The van der Waals surface area contributed by atoms with Crippen molar-refractivity contribution >= 4 is 43.5 Å². The van der Waals surface area contributed by atoms with Crippen LogP contribution in [-0.4, -0.2) is 5.91 Å². The van der Waals surface area contributed by atoms with Crippen LogP contribution in [0.4, 0.5) is 5.69 Å². The smallest absolute Gasteiger partial charge is 0.244 e. The first-order valence-electron chi connectivity index (χ1n) is 5.64. The van der Waals surface area contributed by atoms with Crippen LogP contribution in [0.3, 0.4) is 0 Å². The molecule has 0 unspecified atom stereocenters.